The van der Waals surface area contributed by atoms with Gasteiger partial charge in [0.15, 0.2) is 0 Å². The van der Waals surface area contributed by atoms with Gasteiger partial charge in [-0.1, -0.05) is 0 Å². The molecule has 3 aromatic rings. The third-order valence-electron chi connectivity index (χ3n) is 5.46. The van der Waals surface area contributed by atoms with E-state index in [1.54, 1.807) is 13.2 Å². The van der Waals surface area contributed by atoms with Gasteiger partial charge in [0.25, 0.3) is 0 Å². The van der Waals surface area contributed by atoms with Gasteiger partial charge in [-0.25, -0.2) is 8.78 Å². The Bertz CT molecular complexity index is 1120. The Kier molecular flexibility index (Phi) is 5.98. The first-order chi connectivity index (χ1) is 14.5. The number of halogens is 2. The molecule has 0 saturated carbocycles. The van der Waals surface area contributed by atoms with Gasteiger partial charge in [0, 0.05) is 6.07 Å². The van der Waals surface area contributed by atoms with Crippen LogP contribution in [0.2, 0.25) is 0 Å². The van der Waals surface area contributed by atoms with E-state index in [-0.39, 0.29) is 11.9 Å². The molecule has 0 fully saturated rings. The molecule has 4 rings (SSSR count). The molecular weight excluding hydrogens is 447 g/mol. The van der Waals surface area contributed by atoms with E-state index in [4.69, 9.17) is 0 Å². The van der Waals surface area contributed by atoms with Crippen LogP contribution in [0.5, 0.6) is 0 Å². The van der Waals surface area contributed by atoms with Crippen molar-refractivity contribution in [3.63, 3.8) is 0 Å². The Morgan fingerprint density at radius 2 is 2.03 bits per heavy atom. The summed E-state index contributed by atoms with van der Waals surface area (Å²) < 4.78 is 28.4. The minimum atomic E-state index is -0.540. The number of hydrogen-bond acceptors (Lipinski definition) is 3. The number of nitrogens with zero attached hydrogens (tertiary/aromatic N) is 1. The molecule has 0 spiro atoms. The van der Waals surface area contributed by atoms with Crippen LogP contribution in [0.1, 0.15) is 39.5 Å². The summed E-state index contributed by atoms with van der Waals surface area (Å²) in [7, 11) is 1.60. The Labute approximate surface area is 182 Å². The molecule has 1 amide bonds. The normalized spacial score (nSPS) is 15.1. The van der Waals surface area contributed by atoms with Crippen molar-refractivity contribution in [3.05, 3.63) is 82.5 Å². The van der Waals surface area contributed by atoms with E-state index >= 15 is 0 Å². The molecule has 0 radical (unpaired) electrons. The van der Waals surface area contributed by atoms with Gasteiger partial charge in [0.1, 0.15) is 11.6 Å². The SMILES string of the molecule is CNC(=O)c1cc(-c2cccc(CNC3CCc4c(F)cc(F)cc43)c2)cnc1[AsH2]. The van der Waals surface area contributed by atoms with Crippen LogP contribution in [0.25, 0.3) is 11.1 Å². The number of benzene rings is 2. The summed E-state index contributed by atoms with van der Waals surface area (Å²) in [5, 5.41) is 6.07. The average molecular weight is 469 g/mol. The molecule has 1 aromatic heterocycles. The van der Waals surface area contributed by atoms with Crippen LogP contribution in [-0.2, 0) is 13.0 Å². The summed E-state index contributed by atoms with van der Waals surface area (Å²) in [5.74, 6) is -1.15. The van der Waals surface area contributed by atoms with Gasteiger partial charge in [0.05, 0.1) is 0 Å². The van der Waals surface area contributed by atoms with Crippen molar-refractivity contribution in [3.8, 4) is 11.1 Å². The molecule has 1 heterocycles. The van der Waals surface area contributed by atoms with E-state index < -0.39 is 11.6 Å². The van der Waals surface area contributed by atoms with Crippen molar-refractivity contribution in [2.24, 2.45) is 0 Å². The van der Waals surface area contributed by atoms with Crippen molar-refractivity contribution in [1.29, 1.82) is 0 Å². The van der Waals surface area contributed by atoms with E-state index in [1.165, 1.54) is 22.9 Å². The van der Waals surface area contributed by atoms with Crippen LogP contribution in [0.3, 0.4) is 0 Å². The van der Waals surface area contributed by atoms with Crippen molar-refractivity contribution >= 4 is 27.2 Å². The summed E-state index contributed by atoms with van der Waals surface area (Å²) in [6, 6.07) is 12.1. The molecule has 7 heteroatoms. The maximum atomic E-state index is 14.0. The van der Waals surface area contributed by atoms with Crippen molar-refractivity contribution in [2.45, 2.75) is 25.4 Å². The molecule has 4 nitrogen and oxygen atoms in total. The van der Waals surface area contributed by atoms with Crippen molar-refractivity contribution < 1.29 is 13.6 Å². The summed E-state index contributed by atoms with van der Waals surface area (Å²) in [6.07, 6.45) is 3.13. The quantitative estimate of drug-likeness (QED) is 0.565. The number of carbonyl (C=O) groups is 1. The zero-order chi connectivity index (χ0) is 21.3. The predicted octanol–water partition coefficient (Wildman–Crippen LogP) is 2.42. The molecule has 2 unspecified atom stereocenters. The third-order valence-corrected chi connectivity index (χ3v) is 6.42. The number of carbonyl (C=O) groups excluding carboxylic acids is 1. The number of hydrogen-bond donors (Lipinski definition) is 2. The average Bonchev–Trinajstić information content (AvgIpc) is 3.15. The fourth-order valence-electron chi connectivity index (χ4n) is 3.91. The Morgan fingerprint density at radius 1 is 1.20 bits per heavy atom. The second kappa shape index (κ2) is 8.66. The molecule has 30 heavy (non-hydrogen) atoms. The van der Waals surface area contributed by atoms with Crippen LogP contribution in [0, 0.1) is 11.6 Å². The summed E-state index contributed by atoms with van der Waals surface area (Å²) in [5.41, 5.74) is 4.77. The van der Waals surface area contributed by atoms with Gasteiger partial charge in [-0.2, -0.15) is 0 Å². The predicted molar refractivity (Wildman–Crippen MR) is 116 cm³/mol. The number of nitrogens with one attached hydrogen (secondary N) is 2. The monoisotopic (exact) mass is 469 g/mol. The molecule has 0 bridgehead atoms. The number of rotatable bonds is 5. The molecule has 2 N–H and O–H groups in total. The van der Waals surface area contributed by atoms with Gasteiger partial charge in [0.2, 0.25) is 0 Å². The van der Waals surface area contributed by atoms with Crippen LogP contribution >= 0.6 is 0 Å². The van der Waals surface area contributed by atoms with E-state index in [0.717, 1.165) is 33.7 Å². The maximum absolute atomic E-state index is 14.0. The van der Waals surface area contributed by atoms with E-state index in [1.807, 2.05) is 30.3 Å². The molecule has 0 saturated heterocycles. The molecule has 2 atom stereocenters. The first-order valence-electron chi connectivity index (χ1n) is 9.74. The second-order valence-corrected chi connectivity index (χ2v) is 8.51. The molecular formula is C23H22AsF2N3O. The summed E-state index contributed by atoms with van der Waals surface area (Å²) in [6.45, 7) is 0.570. The number of fused-ring (bicyclic) bond motifs is 1. The topological polar surface area (TPSA) is 54.0 Å². The van der Waals surface area contributed by atoms with Crippen LogP contribution < -0.4 is 15.1 Å². The molecule has 0 aliphatic heterocycles. The molecule has 154 valence electrons. The fraction of sp³-hybridized carbons (Fsp3) is 0.217. The van der Waals surface area contributed by atoms with Gasteiger partial charge in [-0.3, -0.25) is 0 Å². The van der Waals surface area contributed by atoms with Crippen LogP contribution in [0.15, 0.2) is 48.7 Å². The van der Waals surface area contributed by atoms with Crippen LogP contribution in [0.4, 0.5) is 8.78 Å². The molecule has 1 aliphatic carbocycles. The standard InChI is InChI=1S/C23H22AsF2N3O/c1-27-23(30)19-8-15(12-29-22(19)24)14-4-2-3-13(7-14)11-28-21-6-5-17-18(21)9-16(25)10-20(17)26/h2-4,7-10,12,21,28H,5-6,11,24H2,1H3,(H,27,30). The van der Waals surface area contributed by atoms with Crippen molar-refractivity contribution in [1.82, 2.24) is 15.6 Å². The molecule has 2 aromatic carbocycles. The van der Waals surface area contributed by atoms with E-state index in [9.17, 15) is 13.6 Å². The van der Waals surface area contributed by atoms with Gasteiger partial charge >= 0.3 is 156 Å². The number of amides is 1. The summed E-state index contributed by atoms with van der Waals surface area (Å²) >= 11 is 1.30. The fourth-order valence-corrected chi connectivity index (χ4v) is 4.51. The third kappa shape index (κ3) is 4.16. The number of aromatic nitrogens is 1. The number of pyridine rings is 1. The first kappa shape index (κ1) is 20.7. The Morgan fingerprint density at radius 3 is 2.83 bits per heavy atom. The summed E-state index contributed by atoms with van der Waals surface area (Å²) in [4.78, 5) is 16.5. The second-order valence-electron chi connectivity index (χ2n) is 7.36. The van der Waals surface area contributed by atoms with Crippen molar-refractivity contribution in [2.75, 3.05) is 7.05 Å². The Balaban J connectivity index is 1.53. The van der Waals surface area contributed by atoms with Gasteiger partial charge in [-0.15, -0.1) is 0 Å². The zero-order valence-electron chi connectivity index (χ0n) is 16.5. The first-order valence-corrected chi connectivity index (χ1v) is 11.0. The zero-order valence-corrected chi connectivity index (χ0v) is 18.9. The molecule has 1 aliphatic rings. The van der Waals surface area contributed by atoms with Gasteiger partial charge in [-0.05, 0) is 0 Å². The van der Waals surface area contributed by atoms with Gasteiger partial charge < -0.3 is 0 Å². The van der Waals surface area contributed by atoms with E-state index in [0.29, 0.717) is 29.7 Å². The Hall–Kier alpha value is -2.56. The van der Waals surface area contributed by atoms with E-state index in [2.05, 4.69) is 15.6 Å². The van der Waals surface area contributed by atoms with Crippen LogP contribution in [-0.4, -0.2) is 34.8 Å². The minimum absolute atomic E-state index is 0.0722.